The van der Waals surface area contributed by atoms with Gasteiger partial charge in [-0.3, -0.25) is 4.89 Å². The number of unbranched alkanes of at least 4 members (excludes halogenated alkanes) is 1. The number of aryl methyl sites for hydroxylation is 2. The highest BCUT2D eigenvalue weighted by molar-refractivity contribution is 7.94. The monoisotopic (exact) mass is 515 g/mol. The molecule has 0 fully saturated rings. The maximum Gasteiger partial charge on any atom is 0.385 e. The SMILES string of the molecule is CC.CCCC(CC)(Oc1ccc(CCCCn2ccc3cc(OSC)ccc32)cc1)C(=O)OOC. The summed E-state index contributed by atoms with van der Waals surface area (Å²) in [5, 5.41) is 1.20. The Hall–Kier alpha value is -2.64. The van der Waals surface area contributed by atoms with Crippen molar-refractivity contribution in [2.75, 3.05) is 13.4 Å². The van der Waals surface area contributed by atoms with Crippen LogP contribution in [-0.2, 0) is 27.5 Å². The van der Waals surface area contributed by atoms with Crippen molar-refractivity contribution in [2.24, 2.45) is 0 Å². The van der Waals surface area contributed by atoms with E-state index in [1.54, 1.807) is 0 Å². The van der Waals surface area contributed by atoms with E-state index in [1.807, 2.05) is 52.1 Å². The molecule has 0 aliphatic rings. The molecular formula is C29H41NO5S. The minimum absolute atomic E-state index is 0.492. The fourth-order valence-corrected chi connectivity index (χ4v) is 4.52. The Morgan fingerprint density at radius 3 is 2.36 bits per heavy atom. The maximum atomic E-state index is 12.5. The van der Waals surface area contributed by atoms with Crippen LogP contribution in [0.2, 0.25) is 0 Å². The zero-order valence-electron chi connectivity index (χ0n) is 22.5. The second-order valence-electron chi connectivity index (χ2n) is 8.32. The summed E-state index contributed by atoms with van der Waals surface area (Å²) in [7, 11) is 1.33. The number of carbonyl (C=O) groups is 1. The number of benzene rings is 2. The van der Waals surface area contributed by atoms with Gasteiger partial charge in [0.05, 0.1) is 19.2 Å². The molecule has 6 nitrogen and oxygen atoms in total. The predicted octanol–water partition coefficient (Wildman–Crippen LogP) is 7.78. The van der Waals surface area contributed by atoms with E-state index in [-0.39, 0.29) is 0 Å². The van der Waals surface area contributed by atoms with Crippen molar-refractivity contribution in [1.82, 2.24) is 4.57 Å². The molecule has 0 N–H and O–H groups in total. The molecule has 0 spiro atoms. The Morgan fingerprint density at radius 2 is 1.72 bits per heavy atom. The third-order valence-electron chi connectivity index (χ3n) is 6.03. The number of fused-ring (bicyclic) bond motifs is 1. The van der Waals surface area contributed by atoms with Crippen LogP contribution in [0.25, 0.3) is 10.9 Å². The second-order valence-corrected chi connectivity index (χ2v) is 8.82. The number of aromatic nitrogens is 1. The van der Waals surface area contributed by atoms with E-state index in [0.29, 0.717) is 18.6 Å². The highest BCUT2D eigenvalue weighted by atomic mass is 32.2. The van der Waals surface area contributed by atoms with Crippen molar-refractivity contribution in [1.29, 1.82) is 0 Å². The first kappa shape index (κ1) is 29.6. The Kier molecular flexibility index (Phi) is 12.7. The molecule has 0 bridgehead atoms. The normalized spacial score (nSPS) is 12.4. The average Bonchev–Trinajstić information content (AvgIpc) is 3.31. The zero-order chi connectivity index (χ0) is 26.4. The number of hydrogen-bond acceptors (Lipinski definition) is 6. The van der Waals surface area contributed by atoms with E-state index in [9.17, 15) is 4.79 Å². The van der Waals surface area contributed by atoms with Gasteiger partial charge in [-0.1, -0.05) is 46.2 Å². The summed E-state index contributed by atoms with van der Waals surface area (Å²) in [4.78, 5) is 21.9. The molecule has 0 aliphatic heterocycles. The summed E-state index contributed by atoms with van der Waals surface area (Å²) in [6.45, 7) is 8.92. The number of carbonyl (C=O) groups excluding carboxylic acids is 1. The Balaban J connectivity index is 0.00000222. The quantitative estimate of drug-likeness (QED) is 0.0945. The van der Waals surface area contributed by atoms with Gasteiger partial charge in [-0.25, -0.2) is 4.79 Å². The second kappa shape index (κ2) is 15.5. The van der Waals surface area contributed by atoms with Crippen molar-refractivity contribution in [3.63, 3.8) is 0 Å². The van der Waals surface area contributed by atoms with E-state index in [2.05, 4.69) is 46.0 Å². The lowest BCUT2D eigenvalue weighted by Crippen LogP contribution is -2.45. The van der Waals surface area contributed by atoms with Crippen LogP contribution in [0.3, 0.4) is 0 Å². The molecule has 1 unspecified atom stereocenters. The Labute approximate surface area is 220 Å². The highest BCUT2D eigenvalue weighted by Gasteiger charge is 2.41. The van der Waals surface area contributed by atoms with Gasteiger partial charge in [0.1, 0.15) is 11.5 Å². The molecule has 0 saturated heterocycles. The van der Waals surface area contributed by atoms with Gasteiger partial charge >= 0.3 is 5.97 Å². The van der Waals surface area contributed by atoms with Crippen LogP contribution in [0.15, 0.2) is 54.7 Å². The molecule has 1 heterocycles. The Bertz CT molecular complexity index is 1050. The molecule has 1 aromatic heterocycles. The molecule has 36 heavy (non-hydrogen) atoms. The molecule has 7 heteroatoms. The first-order valence-corrected chi connectivity index (χ1v) is 14.0. The van der Waals surface area contributed by atoms with Crippen LogP contribution in [0, 0.1) is 0 Å². The van der Waals surface area contributed by atoms with Gasteiger partial charge in [0.15, 0.2) is 0 Å². The van der Waals surface area contributed by atoms with Crippen LogP contribution in [0.4, 0.5) is 0 Å². The van der Waals surface area contributed by atoms with Crippen molar-refractivity contribution >= 4 is 28.9 Å². The van der Waals surface area contributed by atoms with Gasteiger partial charge < -0.3 is 13.5 Å². The summed E-state index contributed by atoms with van der Waals surface area (Å²) in [6, 6.07) is 16.4. The number of rotatable bonds is 14. The van der Waals surface area contributed by atoms with Crippen LogP contribution in [0.1, 0.15) is 65.4 Å². The summed E-state index contributed by atoms with van der Waals surface area (Å²) in [5.41, 5.74) is 1.45. The van der Waals surface area contributed by atoms with Crippen LogP contribution < -0.4 is 8.92 Å². The molecule has 0 amide bonds. The average molecular weight is 516 g/mol. The van der Waals surface area contributed by atoms with E-state index in [4.69, 9.17) is 13.8 Å². The molecule has 0 radical (unpaired) electrons. The van der Waals surface area contributed by atoms with Gasteiger partial charge in [-0.15, -0.1) is 0 Å². The fraction of sp³-hybridized carbons (Fsp3) is 0.483. The van der Waals surface area contributed by atoms with Gasteiger partial charge in [0.2, 0.25) is 5.60 Å². The van der Waals surface area contributed by atoms with Crippen molar-refractivity contribution < 1.29 is 23.5 Å². The molecule has 0 saturated carbocycles. The van der Waals surface area contributed by atoms with Crippen molar-refractivity contribution in [2.45, 2.75) is 78.4 Å². The largest absolute Gasteiger partial charge is 0.475 e. The number of ether oxygens (including phenoxy) is 1. The van der Waals surface area contributed by atoms with Crippen LogP contribution in [0.5, 0.6) is 11.5 Å². The topological polar surface area (TPSA) is 58.9 Å². The van der Waals surface area contributed by atoms with Gasteiger partial charge in [0.25, 0.3) is 0 Å². The fourth-order valence-electron chi connectivity index (χ4n) is 4.23. The van der Waals surface area contributed by atoms with Crippen LogP contribution in [-0.4, -0.2) is 29.5 Å². The zero-order valence-corrected chi connectivity index (χ0v) is 23.4. The van der Waals surface area contributed by atoms with Crippen molar-refractivity contribution in [3.05, 3.63) is 60.3 Å². The highest BCUT2D eigenvalue weighted by Crippen LogP contribution is 2.28. The molecule has 3 aromatic rings. The lowest BCUT2D eigenvalue weighted by Gasteiger charge is -2.30. The van der Waals surface area contributed by atoms with Gasteiger partial charge in [0, 0.05) is 29.9 Å². The molecule has 198 valence electrons. The number of nitrogens with zero attached hydrogens (tertiary/aromatic N) is 1. The molecule has 1 atom stereocenters. The number of hydrogen-bond donors (Lipinski definition) is 0. The minimum Gasteiger partial charge on any atom is -0.475 e. The van der Waals surface area contributed by atoms with Crippen molar-refractivity contribution in [3.8, 4) is 11.5 Å². The van der Waals surface area contributed by atoms with Gasteiger partial charge in [-0.05, 0) is 74.1 Å². The lowest BCUT2D eigenvalue weighted by atomic mass is 9.94. The lowest BCUT2D eigenvalue weighted by molar-refractivity contribution is -0.268. The predicted molar refractivity (Wildman–Crippen MR) is 148 cm³/mol. The summed E-state index contributed by atoms with van der Waals surface area (Å²) in [6.07, 6.45) is 9.09. The Morgan fingerprint density at radius 1 is 1.00 bits per heavy atom. The van der Waals surface area contributed by atoms with E-state index in [0.717, 1.165) is 38.0 Å². The molecular weight excluding hydrogens is 474 g/mol. The smallest absolute Gasteiger partial charge is 0.385 e. The van der Waals surface area contributed by atoms with Gasteiger partial charge in [-0.2, -0.15) is 4.89 Å². The maximum absolute atomic E-state index is 12.5. The molecule has 0 aliphatic carbocycles. The summed E-state index contributed by atoms with van der Waals surface area (Å²) < 4.78 is 13.9. The van der Waals surface area contributed by atoms with E-state index >= 15 is 0 Å². The van der Waals surface area contributed by atoms with Crippen LogP contribution >= 0.6 is 12.0 Å². The summed E-state index contributed by atoms with van der Waals surface area (Å²) in [5.74, 6) is 1.05. The van der Waals surface area contributed by atoms with E-state index in [1.165, 1.54) is 35.6 Å². The molecule has 3 rings (SSSR count). The first-order chi connectivity index (χ1) is 17.5. The minimum atomic E-state index is -1.03. The third-order valence-corrected chi connectivity index (χ3v) is 6.39. The van der Waals surface area contributed by atoms with E-state index < -0.39 is 11.6 Å². The standard InChI is InChI=1S/C27H35NO5S.C2H6/c1-5-17-27(6-2,26(29)32-30-3)31-23-12-10-21(11-13-23)9-7-8-18-28-19-16-22-20-24(33-34-4)14-15-25(22)28;1-2/h10-16,19-20H,5-9,17-18H2,1-4H3;1-2H3. The summed E-state index contributed by atoms with van der Waals surface area (Å²) >= 11 is 1.35. The first-order valence-electron chi connectivity index (χ1n) is 12.9. The molecule has 2 aromatic carbocycles. The third kappa shape index (κ3) is 7.93.